The Hall–Kier alpha value is -4.04. The van der Waals surface area contributed by atoms with Gasteiger partial charge in [-0.2, -0.15) is 0 Å². The highest BCUT2D eigenvalue weighted by Gasteiger charge is 2.14. The SMILES string of the molecule is COc1cc(NC(=O)/C=C/c2cc(Cl)c(OC(C)C)c(OC)c2)ccc1NC(=O)c1cccnc1. The molecule has 0 radical (unpaired) electrons. The predicted molar refractivity (Wildman–Crippen MR) is 137 cm³/mol. The Bertz CT molecular complexity index is 1230. The van der Waals surface area contributed by atoms with Crippen LogP contribution in [0.4, 0.5) is 11.4 Å². The molecule has 3 aromatic rings. The van der Waals surface area contributed by atoms with E-state index in [9.17, 15) is 9.59 Å². The zero-order chi connectivity index (χ0) is 25.4. The van der Waals surface area contributed by atoms with Crippen molar-refractivity contribution in [2.24, 2.45) is 0 Å². The topological polar surface area (TPSA) is 98.8 Å². The second-order valence-electron chi connectivity index (χ2n) is 7.63. The molecule has 182 valence electrons. The van der Waals surface area contributed by atoms with Gasteiger partial charge in [-0.3, -0.25) is 14.6 Å². The Labute approximate surface area is 208 Å². The van der Waals surface area contributed by atoms with Crippen molar-refractivity contribution in [1.29, 1.82) is 0 Å². The van der Waals surface area contributed by atoms with Gasteiger partial charge in [0, 0.05) is 30.2 Å². The van der Waals surface area contributed by atoms with Gasteiger partial charge >= 0.3 is 0 Å². The molecule has 0 unspecified atom stereocenters. The fraction of sp³-hybridized carbons (Fsp3) is 0.192. The van der Waals surface area contributed by atoms with Gasteiger partial charge < -0.3 is 24.8 Å². The molecule has 0 atom stereocenters. The highest BCUT2D eigenvalue weighted by molar-refractivity contribution is 6.32. The first kappa shape index (κ1) is 25.6. The van der Waals surface area contributed by atoms with Crippen LogP contribution in [-0.4, -0.2) is 37.1 Å². The Morgan fingerprint density at radius 3 is 2.46 bits per heavy atom. The molecule has 1 heterocycles. The van der Waals surface area contributed by atoms with Crippen LogP contribution in [0.3, 0.4) is 0 Å². The number of ether oxygens (including phenoxy) is 3. The Morgan fingerprint density at radius 1 is 1.03 bits per heavy atom. The largest absolute Gasteiger partial charge is 0.494 e. The Kier molecular flexibility index (Phi) is 8.69. The number of benzene rings is 2. The van der Waals surface area contributed by atoms with E-state index < -0.39 is 0 Å². The molecule has 2 amide bonds. The summed E-state index contributed by atoms with van der Waals surface area (Å²) >= 11 is 6.34. The maximum Gasteiger partial charge on any atom is 0.257 e. The number of nitrogens with one attached hydrogen (secondary N) is 2. The van der Waals surface area contributed by atoms with Crippen LogP contribution in [0, 0.1) is 0 Å². The second kappa shape index (κ2) is 11.9. The number of carbonyl (C=O) groups excluding carboxylic acids is 2. The summed E-state index contributed by atoms with van der Waals surface area (Å²) in [7, 11) is 3.00. The van der Waals surface area contributed by atoms with Crippen LogP contribution < -0.4 is 24.8 Å². The first-order valence-electron chi connectivity index (χ1n) is 10.7. The molecular formula is C26H26ClN3O5. The number of rotatable bonds is 9. The third kappa shape index (κ3) is 6.97. The van der Waals surface area contributed by atoms with Gasteiger partial charge in [-0.1, -0.05) is 11.6 Å². The van der Waals surface area contributed by atoms with Gasteiger partial charge in [0.25, 0.3) is 5.91 Å². The van der Waals surface area contributed by atoms with Gasteiger partial charge in [0.2, 0.25) is 5.91 Å². The molecule has 3 rings (SSSR count). The van der Waals surface area contributed by atoms with Gasteiger partial charge in [0.15, 0.2) is 11.5 Å². The molecule has 1 aromatic heterocycles. The van der Waals surface area contributed by atoms with Gasteiger partial charge in [-0.05, 0) is 61.9 Å². The number of nitrogens with zero attached hydrogens (tertiary/aromatic N) is 1. The van der Waals surface area contributed by atoms with E-state index >= 15 is 0 Å². The van der Waals surface area contributed by atoms with Crippen molar-refractivity contribution >= 4 is 40.9 Å². The van der Waals surface area contributed by atoms with Crippen molar-refractivity contribution in [3.8, 4) is 17.2 Å². The number of carbonyl (C=O) groups is 2. The highest BCUT2D eigenvalue weighted by atomic mass is 35.5. The summed E-state index contributed by atoms with van der Waals surface area (Å²) in [4.78, 5) is 28.8. The number of halogens is 1. The zero-order valence-electron chi connectivity index (χ0n) is 19.8. The average Bonchev–Trinajstić information content (AvgIpc) is 2.85. The van der Waals surface area contributed by atoms with E-state index in [4.69, 9.17) is 25.8 Å². The van der Waals surface area contributed by atoms with E-state index in [2.05, 4.69) is 15.6 Å². The third-order valence-corrected chi connectivity index (χ3v) is 4.95. The lowest BCUT2D eigenvalue weighted by atomic mass is 10.1. The van der Waals surface area contributed by atoms with E-state index in [1.165, 1.54) is 26.5 Å². The summed E-state index contributed by atoms with van der Waals surface area (Å²) < 4.78 is 16.4. The van der Waals surface area contributed by atoms with E-state index in [0.29, 0.717) is 44.8 Å². The molecule has 0 saturated heterocycles. The molecule has 0 fully saturated rings. The first-order chi connectivity index (χ1) is 16.8. The third-order valence-electron chi connectivity index (χ3n) is 4.67. The molecule has 0 aliphatic heterocycles. The summed E-state index contributed by atoms with van der Waals surface area (Å²) in [6.45, 7) is 3.79. The van der Waals surface area contributed by atoms with E-state index in [-0.39, 0.29) is 17.9 Å². The van der Waals surface area contributed by atoms with Gasteiger partial charge in [-0.15, -0.1) is 0 Å². The second-order valence-corrected chi connectivity index (χ2v) is 8.04. The minimum absolute atomic E-state index is 0.0689. The van der Waals surface area contributed by atoms with Gasteiger partial charge in [-0.25, -0.2) is 0 Å². The minimum Gasteiger partial charge on any atom is -0.494 e. The molecule has 0 aliphatic rings. The van der Waals surface area contributed by atoms with Crippen LogP contribution in [0.2, 0.25) is 5.02 Å². The Balaban J connectivity index is 1.70. The molecule has 9 heteroatoms. The summed E-state index contributed by atoms with van der Waals surface area (Å²) in [5.74, 6) is 0.626. The molecule has 0 spiro atoms. The summed E-state index contributed by atoms with van der Waals surface area (Å²) in [6.07, 6.45) is 5.98. The predicted octanol–water partition coefficient (Wildman–Crippen LogP) is 5.44. The van der Waals surface area contributed by atoms with Crippen molar-refractivity contribution < 1.29 is 23.8 Å². The monoisotopic (exact) mass is 495 g/mol. The van der Waals surface area contributed by atoms with Gasteiger partial charge in [0.05, 0.1) is 36.6 Å². The van der Waals surface area contributed by atoms with E-state index in [1.54, 1.807) is 54.7 Å². The van der Waals surface area contributed by atoms with Gasteiger partial charge in [0.1, 0.15) is 5.75 Å². The maximum absolute atomic E-state index is 12.5. The minimum atomic E-state index is -0.364. The molecule has 2 N–H and O–H groups in total. The molecule has 8 nitrogen and oxygen atoms in total. The Morgan fingerprint density at radius 2 is 1.80 bits per heavy atom. The summed E-state index contributed by atoms with van der Waals surface area (Å²) in [5.41, 5.74) is 2.04. The normalized spacial score (nSPS) is 10.8. The number of hydrogen-bond donors (Lipinski definition) is 2. The van der Waals surface area contributed by atoms with Crippen molar-refractivity contribution in [2.45, 2.75) is 20.0 Å². The van der Waals surface area contributed by atoms with E-state index in [1.807, 2.05) is 13.8 Å². The number of pyridine rings is 1. The van der Waals surface area contributed by atoms with Crippen molar-refractivity contribution in [2.75, 3.05) is 24.9 Å². The molecular weight excluding hydrogens is 470 g/mol. The summed E-state index contributed by atoms with van der Waals surface area (Å²) in [6, 6.07) is 11.7. The van der Waals surface area contributed by atoms with Crippen LogP contribution in [0.5, 0.6) is 17.2 Å². The first-order valence-corrected chi connectivity index (χ1v) is 11.1. The average molecular weight is 496 g/mol. The van der Waals surface area contributed by atoms with Crippen molar-refractivity contribution in [3.63, 3.8) is 0 Å². The molecule has 2 aromatic carbocycles. The molecule has 35 heavy (non-hydrogen) atoms. The lowest BCUT2D eigenvalue weighted by Crippen LogP contribution is -2.13. The van der Waals surface area contributed by atoms with Crippen LogP contribution >= 0.6 is 11.6 Å². The highest BCUT2D eigenvalue weighted by Crippen LogP contribution is 2.37. The number of methoxy groups -OCH3 is 2. The fourth-order valence-electron chi connectivity index (χ4n) is 3.11. The van der Waals surface area contributed by atoms with Crippen molar-refractivity contribution in [1.82, 2.24) is 4.98 Å². The van der Waals surface area contributed by atoms with Crippen LogP contribution in [0.1, 0.15) is 29.8 Å². The van der Waals surface area contributed by atoms with Crippen LogP contribution in [-0.2, 0) is 4.79 Å². The maximum atomic E-state index is 12.5. The zero-order valence-corrected chi connectivity index (χ0v) is 20.6. The smallest absolute Gasteiger partial charge is 0.257 e. The number of hydrogen-bond acceptors (Lipinski definition) is 6. The molecule has 0 bridgehead atoms. The quantitative estimate of drug-likeness (QED) is 0.383. The standard InChI is InChI=1S/C26H26ClN3O5/c1-16(2)35-25-20(27)12-17(13-23(25)34-4)7-10-24(31)29-19-8-9-21(22(14-19)33-3)30-26(32)18-6-5-11-28-15-18/h5-16H,1-4H3,(H,29,31)(H,30,32)/b10-7+. The molecule has 0 aliphatic carbocycles. The molecule has 0 saturated carbocycles. The van der Waals surface area contributed by atoms with Crippen molar-refractivity contribution in [3.05, 3.63) is 77.1 Å². The number of aromatic nitrogens is 1. The van der Waals surface area contributed by atoms with Crippen LogP contribution in [0.25, 0.3) is 6.08 Å². The fourth-order valence-corrected chi connectivity index (χ4v) is 3.37. The van der Waals surface area contributed by atoms with E-state index in [0.717, 1.165) is 0 Å². The number of amides is 2. The number of anilines is 2. The van der Waals surface area contributed by atoms with Crippen LogP contribution in [0.15, 0.2) is 60.9 Å². The lowest BCUT2D eigenvalue weighted by Gasteiger charge is -2.15. The lowest BCUT2D eigenvalue weighted by molar-refractivity contribution is -0.111. The summed E-state index contributed by atoms with van der Waals surface area (Å²) in [5, 5.41) is 5.92.